The van der Waals surface area contributed by atoms with Crippen LogP contribution in [0.25, 0.3) is 0 Å². The first-order valence-electron chi connectivity index (χ1n) is 5.20. The number of amides is 1. The van der Waals surface area contributed by atoms with Gasteiger partial charge >= 0.3 is 0 Å². The highest BCUT2D eigenvalue weighted by Gasteiger charge is 2.15. The Labute approximate surface area is 118 Å². The molecule has 0 aromatic heterocycles. The quantitative estimate of drug-likeness (QED) is 0.771. The molecule has 0 bridgehead atoms. The lowest BCUT2D eigenvalue weighted by Crippen LogP contribution is -2.32. The first kappa shape index (κ1) is 14.2. The summed E-state index contributed by atoms with van der Waals surface area (Å²) < 4.78 is 1.67. The van der Waals surface area contributed by atoms with Gasteiger partial charge in [0.25, 0.3) is 5.91 Å². The number of nitriles is 1. The lowest BCUT2D eigenvalue weighted by atomic mass is 10.2. The van der Waals surface area contributed by atoms with Gasteiger partial charge in [0.15, 0.2) is 0 Å². The SMILES string of the molecule is CCCN(CC#N)C(=O)c1cc(Br)cc(Br)c1. The van der Waals surface area contributed by atoms with Crippen LogP contribution in [0.1, 0.15) is 23.7 Å². The van der Waals surface area contributed by atoms with Gasteiger partial charge in [0, 0.05) is 21.1 Å². The maximum atomic E-state index is 12.2. The number of halogens is 2. The van der Waals surface area contributed by atoms with Crippen LogP contribution in [0.5, 0.6) is 0 Å². The third-order valence-corrected chi connectivity index (χ3v) is 3.07. The van der Waals surface area contributed by atoms with Gasteiger partial charge in [-0.3, -0.25) is 4.79 Å². The molecule has 1 aromatic rings. The Morgan fingerprint density at radius 2 is 1.94 bits per heavy atom. The van der Waals surface area contributed by atoms with E-state index in [1.54, 1.807) is 17.0 Å². The molecule has 5 heteroatoms. The Balaban J connectivity index is 2.96. The van der Waals surface area contributed by atoms with Crippen LogP contribution in [0.3, 0.4) is 0 Å². The number of hydrogen-bond donors (Lipinski definition) is 0. The van der Waals surface area contributed by atoms with Crippen molar-refractivity contribution in [2.75, 3.05) is 13.1 Å². The third kappa shape index (κ3) is 4.14. The normalized spacial score (nSPS) is 9.76. The molecular formula is C12H12Br2N2O. The summed E-state index contributed by atoms with van der Waals surface area (Å²) >= 11 is 6.69. The molecule has 0 heterocycles. The van der Waals surface area contributed by atoms with Gasteiger partial charge in [-0.05, 0) is 24.6 Å². The van der Waals surface area contributed by atoms with Crippen molar-refractivity contribution >= 4 is 37.8 Å². The molecule has 0 radical (unpaired) electrons. The second kappa shape index (κ2) is 6.77. The van der Waals surface area contributed by atoms with Crippen LogP contribution < -0.4 is 0 Å². The summed E-state index contributed by atoms with van der Waals surface area (Å²) in [6, 6.07) is 7.39. The van der Waals surface area contributed by atoms with Crippen molar-refractivity contribution in [2.24, 2.45) is 0 Å². The third-order valence-electron chi connectivity index (χ3n) is 2.15. The van der Waals surface area contributed by atoms with E-state index >= 15 is 0 Å². The van der Waals surface area contributed by atoms with Gasteiger partial charge in [0.2, 0.25) is 0 Å². The molecule has 0 aliphatic rings. The Hall–Kier alpha value is -0.860. The molecule has 0 aliphatic carbocycles. The number of nitrogens with zero attached hydrogens (tertiary/aromatic N) is 2. The molecule has 3 nitrogen and oxygen atoms in total. The molecule has 0 aliphatic heterocycles. The van der Waals surface area contributed by atoms with Crippen LogP contribution in [0.2, 0.25) is 0 Å². The molecule has 90 valence electrons. The maximum Gasteiger partial charge on any atom is 0.254 e. The van der Waals surface area contributed by atoms with E-state index in [0.717, 1.165) is 15.4 Å². The van der Waals surface area contributed by atoms with Crippen LogP contribution in [0.15, 0.2) is 27.1 Å². The van der Waals surface area contributed by atoms with Gasteiger partial charge in [-0.1, -0.05) is 38.8 Å². The van der Waals surface area contributed by atoms with Crippen molar-refractivity contribution in [1.82, 2.24) is 4.90 Å². The number of hydrogen-bond acceptors (Lipinski definition) is 2. The maximum absolute atomic E-state index is 12.2. The summed E-state index contributed by atoms with van der Waals surface area (Å²) in [6.45, 7) is 2.70. The molecule has 0 fully saturated rings. The number of carbonyl (C=O) groups excluding carboxylic acids is 1. The monoisotopic (exact) mass is 358 g/mol. The Morgan fingerprint density at radius 1 is 1.35 bits per heavy atom. The summed E-state index contributed by atoms with van der Waals surface area (Å²) in [7, 11) is 0. The Morgan fingerprint density at radius 3 is 2.41 bits per heavy atom. The minimum Gasteiger partial charge on any atom is -0.325 e. The molecule has 0 atom stereocenters. The number of rotatable bonds is 4. The molecular weight excluding hydrogens is 348 g/mol. The molecule has 0 spiro atoms. The summed E-state index contributed by atoms with van der Waals surface area (Å²) in [6.07, 6.45) is 0.836. The number of benzene rings is 1. The fourth-order valence-corrected chi connectivity index (χ4v) is 2.76. The molecule has 1 rings (SSSR count). The van der Waals surface area contributed by atoms with Gasteiger partial charge in [-0.15, -0.1) is 0 Å². The van der Waals surface area contributed by atoms with Crippen LogP contribution in [0, 0.1) is 11.3 Å². The standard InChI is InChI=1S/C12H12Br2N2O/c1-2-4-16(5-3-15)12(17)9-6-10(13)8-11(14)7-9/h6-8H,2,4-5H2,1H3. The average molecular weight is 360 g/mol. The van der Waals surface area contributed by atoms with E-state index in [0.29, 0.717) is 12.1 Å². The molecule has 0 unspecified atom stereocenters. The first-order chi connectivity index (χ1) is 8.08. The van der Waals surface area contributed by atoms with E-state index in [9.17, 15) is 4.79 Å². The minimum absolute atomic E-state index is 0.115. The minimum atomic E-state index is -0.115. The highest BCUT2D eigenvalue weighted by molar-refractivity contribution is 9.11. The Bertz CT molecular complexity index is 434. The van der Waals surface area contributed by atoms with Crippen LogP contribution in [0.4, 0.5) is 0 Å². The zero-order valence-electron chi connectivity index (χ0n) is 9.41. The molecule has 0 saturated heterocycles. The van der Waals surface area contributed by atoms with Gasteiger partial charge in [-0.2, -0.15) is 5.26 Å². The zero-order valence-corrected chi connectivity index (χ0v) is 12.6. The van der Waals surface area contributed by atoms with E-state index in [-0.39, 0.29) is 12.5 Å². The van der Waals surface area contributed by atoms with Crippen molar-refractivity contribution in [3.63, 3.8) is 0 Å². The van der Waals surface area contributed by atoms with Crippen molar-refractivity contribution in [2.45, 2.75) is 13.3 Å². The van der Waals surface area contributed by atoms with Crippen LogP contribution in [-0.2, 0) is 0 Å². The van der Waals surface area contributed by atoms with Crippen molar-refractivity contribution in [3.05, 3.63) is 32.7 Å². The van der Waals surface area contributed by atoms with E-state index in [1.165, 1.54) is 0 Å². The second-order valence-corrected chi connectivity index (χ2v) is 5.37. The van der Waals surface area contributed by atoms with Gasteiger partial charge in [-0.25, -0.2) is 0 Å². The van der Waals surface area contributed by atoms with Crippen molar-refractivity contribution in [3.8, 4) is 6.07 Å². The van der Waals surface area contributed by atoms with Crippen LogP contribution in [-0.4, -0.2) is 23.9 Å². The predicted molar refractivity (Wildman–Crippen MR) is 73.6 cm³/mol. The summed E-state index contributed by atoms with van der Waals surface area (Å²) in [5, 5.41) is 8.71. The molecule has 1 aromatic carbocycles. The largest absolute Gasteiger partial charge is 0.325 e. The molecule has 0 N–H and O–H groups in total. The molecule has 1 amide bonds. The highest BCUT2D eigenvalue weighted by Crippen LogP contribution is 2.21. The summed E-state index contributed by atoms with van der Waals surface area (Å²) in [4.78, 5) is 13.7. The van der Waals surface area contributed by atoms with E-state index < -0.39 is 0 Å². The smallest absolute Gasteiger partial charge is 0.254 e. The molecule has 17 heavy (non-hydrogen) atoms. The Kier molecular flexibility index (Phi) is 5.66. The number of carbonyl (C=O) groups is 1. The first-order valence-corrected chi connectivity index (χ1v) is 6.79. The van der Waals surface area contributed by atoms with Gasteiger partial charge in [0.1, 0.15) is 6.54 Å². The van der Waals surface area contributed by atoms with E-state index in [4.69, 9.17) is 5.26 Å². The summed E-state index contributed by atoms with van der Waals surface area (Å²) in [5.41, 5.74) is 0.579. The second-order valence-electron chi connectivity index (χ2n) is 3.54. The lowest BCUT2D eigenvalue weighted by Gasteiger charge is -2.18. The highest BCUT2D eigenvalue weighted by atomic mass is 79.9. The van der Waals surface area contributed by atoms with E-state index in [1.807, 2.05) is 19.1 Å². The van der Waals surface area contributed by atoms with Crippen molar-refractivity contribution < 1.29 is 4.79 Å². The topological polar surface area (TPSA) is 44.1 Å². The predicted octanol–water partition coefficient (Wildman–Crippen LogP) is 3.59. The molecule has 0 saturated carbocycles. The van der Waals surface area contributed by atoms with Crippen molar-refractivity contribution in [1.29, 1.82) is 5.26 Å². The zero-order chi connectivity index (χ0) is 12.8. The van der Waals surface area contributed by atoms with Gasteiger partial charge in [0.05, 0.1) is 6.07 Å². The van der Waals surface area contributed by atoms with E-state index in [2.05, 4.69) is 31.9 Å². The summed E-state index contributed by atoms with van der Waals surface area (Å²) in [5.74, 6) is -0.115. The fraction of sp³-hybridized carbons (Fsp3) is 0.333. The lowest BCUT2D eigenvalue weighted by molar-refractivity contribution is 0.0776. The van der Waals surface area contributed by atoms with Crippen LogP contribution >= 0.6 is 31.9 Å². The van der Waals surface area contributed by atoms with Gasteiger partial charge < -0.3 is 4.90 Å². The average Bonchev–Trinajstić information content (AvgIpc) is 2.26. The fourth-order valence-electron chi connectivity index (χ4n) is 1.47.